The minimum Gasteiger partial charge on any atom is -0.362 e. The number of H-pyrrole nitrogens is 1. The number of hydrogen-bond acceptors (Lipinski definition) is 1. The molecule has 0 unspecified atom stereocenters. The third kappa shape index (κ3) is 3.05. The van der Waals surface area contributed by atoms with Gasteiger partial charge in [0.25, 0.3) is 0 Å². The number of benzene rings is 1. The molecule has 0 saturated heterocycles. The van der Waals surface area contributed by atoms with Gasteiger partial charge in [0.05, 0.1) is 5.52 Å². The van der Waals surface area contributed by atoms with E-state index in [9.17, 15) is 0 Å². The highest BCUT2D eigenvalue weighted by molar-refractivity contribution is 5.77. The molecule has 0 saturated carbocycles. The van der Waals surface area contributed by atoms with Gasteiger partial charge in [0.15, 0.2) is 0 Å². The van der Waals surface area contributed by atoms with Gasteiger partial charge in [-0.2, -0.15) is 0 Å². The van der Waals surface area contributed by atoms with Crippen molar-refractivity contribution in [3.63, 3.8) is 0 Å². The third-order valence-electron chi connectivity index (χ3n) is 2.35. The highest BCUT2D eigenvalue weighted by Gasteiger charge is 1.86. The highest BCUT2D eigenvalue weighted by atomic mass is 14.7. The van der Waals surface area contributed by atoms with E-state index in [0.29, 0.717) is 0 Å². The van der Waals surface area contributed by atoms with Crippen LogP contribution >= 0.6 is 0 Å². The van der Waals surface area contributed by atoms with Gasteiger partial charge >= 0.3 is 0 Å². The molecule has 84 valence electrons. The summed E-state index contributed by atoms with van der Waals surface area (Å²) in [4.78, 5) is 7.15. The number of nitrogens with one attached hydrogen (secondary N) is 1. The molecule has 0 bridgehead atoms. The maximum atomic E-state index is 4.18. The summed E-state index contributed by atoms with van der Waals surface area (Å²) in [5.41, 5.74) is 2.13. The Labute approximate surface area is 101 Å². The van der Waals surface area contributed by atoms with Gasteiger partial charge in [0, 0.05) is 23.5 Å². The number of rotatable bonds is 1. The molecule has 2 heterocycles. The summed E-state index contributed by atoms with van der Waals surface area (Å²) >= 11 is 0. The largest absolute Gasteiger partial charge is 0.362 e. The molecule has 0 aliphatic carbocycles. The molecular weight excluding hydrogens is 208 g/mol. The van der Waals surface area contributed by atoms with Gasteiger partial charge in [0.2, 0.25) is 0 Å². The number of hydrogen-bond donors (Lipinski definition) is 1. The van der Waals surface area contributed by atoms with Crippen molar-refractivity contribution in [2.45, 2.75) is 0 Å². The number of nitrogens with zero attached hydrogens (tertiary/aromatic N) is 1. The number of aromatic amines is 1. The van der Waals surface area contributed by atoms with Crippen LogP contribution in [0.15, 0.2) is 67.5 Å². The molecule has 2 nitrogen and oxygen atoms in total. The van der Waals surface area contributed by atoms with Gasteiger partial charge in [-0.05, 0) is 30.3 Å². The second-order valence-corrected chi connectivity index (χ2v) is 3.53. The second kappa shape index (κ2) is 5.66. The Bertz CT molecular complexity index is 517. The third-order valence-corrected chi connectivity index (χ3v) is 2.35. The molecule has 0 radical (unpaired) electrons. The molecule has 2 aromatic heterocycles. The van der Waals surface area contributed by atoms with Crippen LogP contribution in [0.2, 0.25) is 0 Å². The van der Waals surface area contributed by atoms with Gasteiger partial charge in [-0.3, -0.25) is 4.98 Å². The summed E-state index contributed by atoms with van der Waals surface area (Å²) in [6.07, 6.45) is 5.46. The van der Waals surface area contributed by atoms with Crippen LogP contribution in [-0.2, 0) is 0 Å². The molecule has 0 spiro atoms. The SMILES string of the molecule is C=Cc1ccc[nH]1.c1ccc2ncccc2c1. The summed E-state index contributed by atoms with van der Waals surface area (Å²) in [6, 6.07) is 16.0. The molecule has 17 heavy (non-hydrogen) atoms. The Morgan fingerprint density at radius 2 is 1.82 bits per heavy atom. The highest BCUT2D eigenvalue weighted by Crippen LogP contribution is 2.07. The van der Waals surface area contributed by atoms with Crippen molar-refractivity contribution < 1.29 is 0 Å². The first kappa shape index (κ1) is 11.1. The van der Waals surface area contributed by atoms with Crippen LogP contribution in [0.5, 0.6) is 0 Å². The molecular formula is C15H14N2. The van der Waals surface area contributed by atoms with E-state index >= 15 is 0 Å². The second-order valence-electron chi connectivity index (χ2n) is 3.53. The molecule has 3 aromatic rings. The van der Waals surface area contributed by atoms with E-state index in [2.05, 4.69) is 28.7 Å². The lowest BCUT2D eigenvalue weighted by Crippen LogP contribution is -1.73. The van der Waals surface area contributed by atoms with Gasteiger partial charge in [-0.1, -0.05) is 30.8 Å². The number of aromatic nitrogens is 2. The smallest absolute Gasteiger partial charge is 0.0701 e. The van der Waals surface area contributed by atoms with Crippen molar-refractivity contribution in [1.82, 2.24) is 9.97 Å². The Balaban J connectivity index is 0.000000136. The van der Waals surface area contributed by atoms with Crippen molar-refractivity contribution in [2.24, 2.45) is 0 Å². The predicted octanol–water partition coefficient (Wildman–Crippen LogP) is 3.89. The molecule has 0 fully saturated rings. The van der Waals surface area contributed by atoms with E-state index in [4.69, 9.17) is 0 Å². The van der Waals surface area contributed by atoms with Gasteiger partial charge < -0.3 is 4.98 Å². The average Bonchev–Trinajstić information content (AvgIpc) is 2.93. The number of fused-ring (bicyclic) bond motifs is 1. The maximum absolute atomic E-state index is 4.18. The molecule has 3 rings (SSSR count). The fourth-order valence-electron chi connectivity index (χ4n) is 1.49. The van der Waals surface area contributed by atoms with Crippen molar-refractivity contribution in [1.29, 1.82) is 0 Å². The van der Waals surface area contributed by atoms with E-state index in [1.165, 1.54) is 5.39 Å². The summed E-state index contributed by atoms with van der Waals surface area (Å²) in [7, 11) is 0. The van der Waals surface area contributed by atoms with Crippen LogP contribution in [0.25, 0.3) is 17.0 Å². The average molecular weight is 222 g/mol. The first-order chi connectivity index (χ1) is 8.40. The van der Waals surface area contributed by atoms with E-state index in [1.807, 2.05) is 48.8 Å². The molecule has 1 aromatic carbocycles. The van der Waals surface area contributed by atoms with Crippen LogP contribution in [0.3, 0.4) is 0 Å². The lowest BCUT2D eigenvalue weighted by atomic mass is 10.2. The minimum atomic E-state index is 1.06. The minimum absolute atomic E-state index is 1.06. The van der Waals surface area contributed by atoms with Crippen molar-refractivity contribution >= 4 is 17.0 Å². The maximum Gasteiger partial charge on any atom is 0.0701 e. The molecule has 1 N–H and O–H groups in total. The zero-order valence-electron chi connectivity index (χ0n) is 9.51. The monoisotopic (exact) mass is 222 g/mol. The normalized spacial score (nSPS) is 9.41. The Morgan fingerprint density at radius 3 is 2.47 bits per heavy atom. The lowest BCUT2D eigenvalue weighted by Gasteiger charge is -1.91. The van der Waals surface area contributed by atoms with Crippen molar-refractivity contribution in [2.75, 3.05) is 0 Å². The van der Waals surface area contributed by atoms with E-state index < -0.39 is 0 Å². The van der Waals surface area contributed by atoms with Gasteiger partial charge in [-0.15, -0.1) is 0 Å². The molecule has 0 aliphatic rings. The summed E-state index contributed by atoms with van der Waals surface area (Å²) in [6.45, 7) is 3.57. The fraction of sp³-hybridized carbons (Fsp3) is 0. The standard InChI is InChI=1S/C9H7N.C6H7N/c1-2-6-9-8(4-1)5-3-7-10-9;1-2-6-4-3-5-7-6/h1-7H;2-5,7H,1H2. The van der Waals surface area contributed by atoms with E-state index in [0.717, 1.165) is 11.2 Å². The predicted molar refractivity (Wildman–Crippen MR) is 72.6 cm³/mol. The number of pyridine rings is 1. The fourth-order valence-corrected chi connectivity index (χ4v) is 1.49. The van der Waals surface area contributed by atoms with Crippen LogP contribution in [0.4, 0.5) is 0 Å². The Hall–Kier alpha value is -2.35. The lowest BCUT2D eigenvalue weighted by molar-refractivity contribution is 1.38. The van der Waals surface area contributed by atoms with E-state index in [1.54, 1.807) is 6.08 Å². The molecule has 0 aliphatic heterocycles. The zero-order chi connectivity index (χ0) is 11.9. The Morgan fingerprint density at radius 1 is 1.00 bits per heavy atom. The summed E-state index contributed by atoms with van der Waals surface area (Å²) in [5.74, 6) is 0. The van der Waals surface area contributed by atoms with E-state index in [-0.39, 0.29) is 0 Å². The van der Waals surface area contributed by atoms with Crippen molar-refractivity contribution in [3.8, 4) is 0 Å². The topological polar surface area (TPSA) is 28.7 Å². The van der Waals surface area contributed by atoms with Crippen molar-refractivity contribution in [3.05, 3.63) is 73.2 Å². The molecule has 0 atom stereocenters. The summed E-state index contributed by atoms with van der Waals surface area (Å²) < 4.78 is 0. The van der Waals surface area contributed by atoms with Gasteiger partial charge in [0.1, 0.15) is 0 Å². The van der Waals surface area contributed by atoms with Gasteiger partial charge in [-0.25, -0.2) is 0 Å². The molecule has 2 heteroatoms. The van der Waals surface area contributed by atoms with Crippen LogP contribution in [-0.4, -0.2) is 9.97 Å². The number of para-hydroxylation sites is 1. The first-order valence-corrected chi connectivity index (χ1v) is 5.46. The Kier molecular flexibility index (Phi) is 3.71. The van der Waals surface area contributed by atoms with Crippen LogP contribution in [0.1, 0.15) is 5.69 Å². The molecule has 0 amide bonds. The first-order valence-electron chi connectivity index (χ1n) is 5.46. The quantitative estimate of drug-likeness (QED) is 0.664. The zero-order valence-corrected chi connectivity index (χ0v) is 9.51. The van der Waals surface area contributed by atoms with Crippen LogP contribution in [0, 0.1) is 0 Å². The summed E-state index contributed by atoms with van der Waals surface area (Å²) in [5, 5.41) is 1.20. The van der Waals surface area contributed by atoms with Crippen LogP contribution < -0.4 is 0 Å².